The molecule has 4 aliphatic carbocycles. The van der Waals surface area contributed by atoms with E-state index in [4.69, 9.17) is 0 Å². The molecule has 0 aromatic rings. The Hall–Kier alpha value is -0.590. The molecule has 1 heteroatoms. The van der Waals surface area contributed by atoms with Crippen LogP contribution in [0.1, 0.15) is 72.1 Å². The van der Waals surface area contributed by atoms with Crippen LogP contribution >= 0.6 is 0 Å². The fourth-order valence-electron chi connectivity index (χ4n) is 6.98. The van der Waals surface area contributed by atoms with Crippen molar-refractivity contribution < 1.29 is 4.79 Å². The SMILES string of the molecule is CC1=CC[C@@H]2CC[C@@H]3[C@H](CC[C@]4(C)C(=O)CC[C@@H]34)[C@@]2(C)C1. The van der Waals surface area contributed by atoms with Crippen LogP contribution in [-0.2, 0) is 4.79 Å². The van der Waals surface area contributed by atoms with Crippen LogP contribution in [0.15, 0.2) is 11.6 Å². The predicted octanol–water partition coefficient (Wildman–Crippen LogP) is 5.15. The van der Waals surface area contributed by atoms with Crippen molar-refractivity contribution >= 4 is 5.78 Å². The van der Waals surface area contributed by atoms with Gasteiger partial charge in [0.1, 0.15) is 5.78 Å². The van der Waals surface area contributed by atoms with E-state index >= 15 is 0 Å². The van der Waals surface area contributed by atoms with Crippen molar-refractivity contribution in [2.24, 2.45) is 34.5 Å². The summed E-state index contributed by atoms with van der Waals surface area (Å²) in [5.41, 5.74) is 2.18. The molecule has 0 heterocycles. The minimum absolute atomic E-state index is 0.0455. The first-order chi connectivity index (χ1) is 9.95. The highest BCUT2D eigenvalue weighted by molar-refractivity contribution is 5.87. The molecule has 3 saturated carbocycles. The molecular formula is C20H30O. The van der Waals surface area contributed by atoms with Crippen molar-refractivity contribution in [1.29, 1.82) is 0 Å². The maximum atomic E-state index is 12.4. The molecule has 1 nitrogen and oxygen atoms in total. The normalized spacial score (nSPS) is 52.7. The van der Waals surface area contributed by atoms with Gasteiger partial charge < -0.3 is 0 Å². The lowest BCUT2D eigenvalue weighted by atomic mass is 9.45. The van der Waals surface area contributed by atoms with Crippen LogP contribution in [0.5, 0.6) is 0 Å². The van der Waals surface area contributed by atoms with E-state index in [0.29, 0.717) is 17.1 Å². The molecule has 21 heavy (non-hydrogen) atoms. The standard InChI is InChI=1S/C20H30O/c1-13-4-5-14-6-7-15-16-8-9-18(21)19(16,2)11-10-17(15)20(14,3)12-13/h4,14-17H,5-12H2,1-3H3/t14-,15+,16+,17+,19+,20+/m1/s1. The lowest BCUT2D eigenvalue weighted by molar-refractivity contribution is -0.136. The number of allylic oxidation sites excluding steroid dienone is 2. The number of hydrogen-bond donors (Lipinski definition) is 0. The molecule has 116 valence electrons. The first-order valence-corrected chi connectivity index (χ1v) is 9.14. The van der Waals surface area contributed by atoms with Gasteiger partial charge in [0, 0.05) is 11.8 Å². The van der Waals surface area contributed by atoms with Crippen LogP contribution in [-0.4, -0.2) is 5.78 Å². The number of rotatable bonds is 0. The van der Waals surface area contributed by atoms with Crippen LogP contribution in [0.25, 0.3) is 0 Å². The van der Waals surface area contributed by atoms with Gasteiger partial charge in [0.25, 0.3) is 0 Å². The van der Waals surface area contributed by atoms with Crippen LogP contribution in [0.3, 0.4) is 0 Å². The molecule has 0 saturated heterocycles. The van der Waals surface area contributed by atoms with Crippen molar-refractivity contribution in [3.8, 4) is 0 Å². The van der Waals surface area contributed by atoms with Gasteiger partial charge in [0.2, 0.25) is 0 Å². The van der Waals surface area contributed by atoms with Crippen molar-refractivity contribution in [3.05, 3.63) is 11.6 Å². The molecular weight excluding hydrogens is 256 g/mol. The van der Waals surface area contributed by atoms with E-state index in [2.05, 4.69) is 26.8 Å². The van der Waals surface area contributed by atoms with E-state index in [1.165, 1.54) is 44.9 Å². The molecule has 0 aliphatic heterocycles. The van der Waals surface area contributed by atoms with Crippen LogP contribution in [0.4, 0.5) is 0 Å². The van der Waals surface area contributed by atoms with E-state index in [1.807, 2.05) is 0 Å². The Morgan fingerprint density at radius 3 is 2.71 bits per heavy atom. The smallest absolute Gasteiger partial charge is 0.139 e. The van der Waals surface area contributed by atoms with Crippen molar-refractivity contribution in [1.82, 2.24) is 0 Å². The van der Waals surface area contributed by atoms with E-state index in [0.717, 1.165) is 24.2 Å². The second kappa shape index (κ2) is 4.46. The summed E-state index contributed by atoms with van der Waals surface area (Å²) < 4.78 is 0. The van der Waals surface area contributed by atoms with Gasteiger partial charge in [-0.1, -0.05) is 25.5 Å². The van der Waals surface area contributed by atoms with E-state index < -0.39 is 0 Å². The minimum Gasteiger partial charge on any atom is -0.299 e. The first-order valence-electron chi connectivity index (χ1n) is 9.14. The number of carbonyl (C=O) groups is 1. The Kier molecular flexibility index (Phi) is 2.98. The Morgan fingerprint density at radius 2 is 1.90 bits per heavy atom. The summed E-state index contributed by atoms with van der Waals surface area (Å²) in [4.78, 5) is 12.4. The summed E-state index contributed by atoms with van der Waals surface area (Å²) in [6, 6.07) is 0. The Bertz CT molecular complexity index is 504. The zero-order valence-corrected chi connectivity index (χ0v) is 14.0. The molecule has 0 spiro atoms. The third-order valence-electron chi connectivity index (χ3n) is 8.18. The van der Waals surface area contributed by atoms with Crippen molar-refractivity contribution in [3.63, 3.8) is 0 Å². The van der Waals surface area contributed by atoms with Crippen LogP contribution in [0, 0.1) is 34.5 Å². The summed E-state index contributed by atoms with van der Waals surface area (Å²) >= 11 is 0. The number of fused-ring (bicyclic) bond motifs is 5. The Morgan fingerprint density at radius 1 is 1.10 bits per heavy atom. The molecule has 3 fully saturated rings. The molecule has 0 aromatic carbocycles. The van der Waals surface area contributed by atoms with Gasteiger partial charge in [-0.05, 0) is 81.0 Å². The zero-order chi connectivity index (χ0) is 14.8. The minimum atomic E-state index is 0.0455. The second-order valence-corrected chi connectivity index (χ2v) is 9.04. The molecule has 0 radical (unpaired) electrons. The lowest BCUT2D eigenvalue weighted by Gasteiger charge is -2.59. The van der Waals surface area contributed by atoms with Crippen molar-refractivity contribution in [2.45, 2.75) is 72.1 Å². The molecule has 6 atom stereocenters. The Balaban J connectivity index is 1.68. The maximum Gasteiger partial charge on any atom is 0.139 e. The van der Waals surface area contributed by atoms with Gasteiger partial charge in [0.15, 0.2) is 0 Å². The van der Waals surface area contributed by atoms with Gasteiger partial charge >= 0.3 is 0 Å². The average Bonchev–Trinajstić information content (AvgIpc) is 2.74. The van der Waals surface area contributed by atoms with Gasteiger partial charge in [-0.3, -0.25) is 4.79 Å². The van der Waals surface area contributed by atoms with Crippen LogP contribution in [0.2, 0.25) is 0 Å². The lowest BCUT2D eigenvalue weighted by Crippen LogP contribution is -2.52. The quantitative estimate of drug-likeness (QED) is 0.562. The van der Waals surface area contributed by atoms with Gasteiger partial charge in [0.05, 0.1) is 0 Å². The molecule has 0 aromatic heterocycles. The summed E-state index contributed by atoms with van der Waals surface area (Å²) in [7, 11) is 0. The van der Waals surface area contributed by atoms with Gasteiger partial charge in [-0.2, -0.15) is 0 Å². The highest BCUT2D eigenvalue weighted by atomic mass is 16.1. The van der Waals surface area contributed by atoms with E-state index in [9.17, 15) is 4.79 Å². The fraction of sp³-hybridized carbons (Fsp3) is 0.850. The summed E-state index contributed by atoms with van der Waals surface area (Å²) in [6.07, 6.45) is 12.5. The highest BCUT2D eigenvalue weighted by Gasteiger charge is 2.59. The third-order valence-corrected chi connectivity index (χ3v) is 8.18. The summed E-state index contributed by atoms with van der Waals surface area (Å²) in [5, 5.41) is 0. The molecule has 0 bridgehead atoms. The number of carbonyl (C=O) groups excluding carboxylic acids is 1. The maximum absolute atomic E-state index is 12.4. The number of Topliss-reactive ketones (excluding diaryl/α,β-unsaturated/α-hetero) is 1. The van der Waals surface area contributed by atoms with Gasteiger partial charge in [-0.25, -0.2) is 0 Å². The molecule has 4 aliphatic rings. The Labute approximate surface area is 129 Å². The number of hydrogen-bond acceptors (Lipinski definition) is 1. The van der Waals surface area contributed by atoms with E-state index in [-0.39, 0.29) is 5.41 Å². The molecule has 0 N–H and O–H groups in total. The van der Waals surface area contributed by atoms with Crippen molar-refractivity contribution in [2.75, 3.05) is 0 Å². The summed E-state index contributed by atoms with van der Waals surface area (Å²) in [5.74, 6) is 3.90. The fourth-order valence-corrected chi connectivity index (χ4v) is 6.98. The average molecular weight is 286 g/mol. The predicted molar refractivity (Wildman–Crippen MR) is 85.9 cm³/mol. The third kappa shape index (κ3) is 1.79. The number of ketones is 1. The topological polar surface area (TPSA) is 17.1 Å². The molecule has 0 amide bonds. The van der Waals surface area contributed by atoms with Gasteiger partial charge in [-0.15, -0.1) is 0 Å². The monoisotopic (exact) mass is 286 g/mol. The second-order valence-electron chi connectivity index (χ2n) is 9.04. The highest BCUT2D eigenvalue weighted by Crippen LogP contribution is 2.65. The zero-order valence-electron chi connectivity index (χ0n) is 14.0. The van der Waals surface area contributed by atoms with E-state index in [1.54, 1.807) is 5.57 Å². The summed E-state index contributed by atoms with van der Waals surface area (Å²) in [6.45, 7) is 7.21. The molecule has 0 unspecified atom stereocenters. The first kappa shape index (κ1) is 14.0. The molecule has 4 rings (SSSR count). The van der Waals surface area contributed by atoms with Crippen LogP contribution < -0.4 is 0 Å². The largest absolute Gasteiger partial charge is 0.299 e.